The smallest absolute Gasteiger partial charge is 0.134 e. The number of nitrogens with one attached hydrogen (secondary N) is 1. The zero-order valence-electron chi connectivity index (χ0n) is 11.0. The Morgan fingerprint density at radius 1 is 1.28 bits per heavy atom. The summed E-state index contributed by atoms with van der Waals surface area (Å²) in [6, 6.07) is 8.91. The highest BCUT2D eigenvalue weighted by Gasteiger charge is 2.11. The van der Waals surface area contributed by atoms with Crippen LogP contribution in [0.5, 0.6) is 0 Å². The third-order valence-electron chi connectivity index (χ3n) is 2.89. The Kier molecular flexibility index (Phi) is 3.82. The lowest BCUT2D eigenvalue weighted by molar-refractivity contribution is 0.445. The van der Waals surface area contributed by atoms with Gasteiger partial charge in [0.15, 0.2) is 0 Å². The monoisotopic (exact) mass is 247 g/mol. The average molecular weight is 247 g/mol. The van der Waals surface area contributed by atoms with Crippen LogP contribution < -0.4 is 5.32 Å². The average Bonchev–Trinajstić information content (AvgIpc) is 2.77. The second-order valence-corrected chi connectivity index (χ2v) is 4.50. The second-order valence-electron chi connectivity index (χ2n) is 4.50. The van der Waals surface area contributed by atoms with Crippen LogP contribution in [-0.2, 0) is 0 Å². The molecule has 2 nitrogen and oxygen atoms in total. The van der Waals surface area contributed by atoms with Crippen LogP contribution in [0.3, 0.4) is 0 Å². The van der Waals surface area contributed by atoms with Crippen molar-refractivity contribution in [2.75, 3.05) is 6.54 Å². The van der Waals surface area contributed by atoms with Crippen LogP contribution >= 0.6 is 0 Å². The van der Waals surface area contributed by atoms with Gasteiger partial charge in [-0.15, -0.1) is 0 Å². The van der Waals surface area contributed by atoms with Gasteiger partial charge < -0.3 is 9.73 Å². The van der Waals surface area contributed by atoms with Gasteiger partial charge in [-0.1, -0.05) is 6.92 Å². The van der Waals surface area contributed by atoms with Crippen molar-refractivity contribution in [2.45, 2.75) is 26.8 Å². The molecule has 18 heavy (non-hydrogen) atoms. The van der Waals surface area contributed by atoms with Crippen LogP contribution in [0.15, 0.2) is 34.7 Å². The van der Waals surface area contributed by atoms with Crippen molar-refractivity contribution < 1.29 is 8.81 Å². The van der Waals surface area contributed by atoms with Gasteiger partial charge in [-0.3, -0.25) is 0 Å². The fourth-order valence-corrected chi connectivity index (χ4v) is 2.03. The summed E-state index contributed by atoms with van der Waals surface area (Å²) in [6.45, 7) is 6.85. The van der Waals surface area contributed by atoms with E-state index in [-0.39, 0.29) is 11.9 Å². The van der Waals surface area contributed by atoms with E-state index in [4.69, 9.17) is 4.42 Å². The Balaban J connectivity index is 2.29. The lowest BCUT2D eigenvalue weighted by Gasteiger charge is -2.08. The molecule has 1 heterocycles. The minimum Gasteiger partial charge on any atom is -0.459 e. The number of benzene rings is 1. The van der Waals surface area contributed by atoms with Gasteiger partial charge in [-0.25, -0.2) is 4.39 Å². The first-order chi connectivity index (χ1) is 8.60. The van der Waals surface area contributed by atoms with Crippen LogP contribution in [0.25, 0.3) is 11.3 Å². The SMILES string of the molecule is CCNC(C)c1ccc(-c2cc(C)cc(F)c2)o1. The molecular formula is C15H18FNO. The highest BCUT2D eigenvalue weighted by atomic mass is 19.1. The third-order valence-corrected chi connectivity index (χ3v) is 2.89. The van der Waals surface area contributed by atoms with E-state index in [9.17, 15) is 4.39 Å². The molecule has 0 aliphatic heterocycles. The summed E-state index contributed by atoms with van der Waals surface area (Å²) in [7, 11) is 0. The molecule has 3 heteroatoms. The van der Waals surface area contributed by atoms with E-state index in [1.807, 2.05) is 32.0 Å². The summed E-state index contributed by atoms with van der Waals surface area (Å²) in [6.07, 6.45) is 0. The van der Waals surface area contributed by atoms with Gasteiger partial charge in [0.25, 0.3) is 0 Å². The van der Waals surface area contributed by atoms with E-state index < -0.39 is 0 Å². The number of hydrogen-bond donors (Lipinski definition) is 1. The van der Waals surface area contributed by atoms with Crippen molar-refractivity contribution >= 4 is 0 Å². The van der Waals surface area contributed by atoms with Crippen LogP contribution in [0.4, 0.5) is 4.39 Å². The van der Waals surface area contributed by atoms with Gasteiger partial charge in [-0.2, -0.15) is 0 Å². The first-order valence-electron chi connectivity index (χ1n) is 6.21. The summed E-state index contributed by atoms with van der Waals surface area (Å²) in [5.74, 6) is 1.34. The standard InChI is InChI=1S/C15H18FNO/c1-4-17-11(3)14-5-6-15(18-14)12-7-10(2)8-13(16)9-12/h5-9,11,17H,4H2,1-3H3. The normalized spacial score (nSPS) is 12.7. The van der Waals surface area contributed by atoms with Gasteiger partial charge in [-0.05, 0) is 56.3 Å². The van der Waals surface area contributed by atoms with Gasteiger partial charge in [0.05, 0.1) is 6.04 Å². The summed E-state index contributed by atoms with van der Waals surface area (Å²) < 4.78 is 19.1. The minimum atomic E-state index is -0.234. The van der Waals surface area contributed by atoms with Gasteiger partial charge in [0.1, 0.15) is 17.3 Å². The maximum atomic E-state index is 13.3. The molecule has 0 saturated heterocycles. The van der Waals surface area contributed by atoms with Gasteiger partial charge in [0, 0.05) is 5.56 Å². The lowest BCUT2D eigenvalue weighted by atomic mass is 10.1. The molecule has 2 rings (SSSR count). The Bertz CT molecular complexity index is 513. The molecule has 0 fully saturated rings. The lowest BCUT2D eigenvalue weighted by Crippen LogP contribution is -2.16. The van der Waals surface area contributed by atoms with Crippen molar-refractivity contribution in [1.29, 1.82) is 0 Å². The second kappa shape index (κ2) is 5.36. The fraction of sp³-hybridized carbons (Fsp3) is 0.333. The minimum absolute atomic E-state index is 0.165. The molecule has 1 aromatic carbocycles. The number of rotatable bonds is 4. The summed E-state index contributed by atoms with van der Waals surface area (Å²) in [4.78, 5) is 0. The molecule has 0 aliphatic rings. The van der Waals surface area contributed by atoms with E-state index in [0.29, 0.717) is 5.76 Å². The van der Waals surface area contributed by atoms with E-state index in [1.54, 1.807) is 0 Å². The molecule has 0 aliphatic carbocycles. The zero-order chi connectivity index (χ0) is 13.1. The first-order valence-corrected chi connectivity index (χ1v) is 6.21. The quantitative estimate of drug-likeness (QED) is 0.881. The van der Waals surface area contributed by atoms with E-state index in [1.165, 1.54) is 12.1 Å². The predicted molar refractivity (Wildman–Crippen MR) is 70.9 cm³/mol. The number of furan rings is 1. The van der Waals surface area contributed by atoms with Gasteiger partial charge >= 0.3 is 0 Å². The number of aryl methyl sites for hydroxylation is 1. The van der Waals surface area contributed by atoms with Crippen molar-refractivity contribution in [1.82, 2.24) is 5.32 Å². The first kappa shape index (κ1) is 12.8. The predicted octanol–water partition coefficient (Wildman–Crippen LogP) is 4.06. The summed E-state index contributed by atoms with van der Waals surface area (Å²) in [5, 5.41) is 3.28. The van der Waals surface area contributed by atoms with E-state index in [0.717, 1.165) is 23.4 Å². The summed E-state index contributed by atoms with van der Waals surface area (Å²) in [5.41, 5.74) is 1.67. The molecule has 96 valence electrons. The Labute approximate surface area is 107 Å². The molecule has 0 amide bonds. The number of halogens is 1. The molecule has 2 aromatic rings. The fourth-order valence-electron chi connectivity index (χ4n) is 2.03. The van der Waals surface area contributed by atoms with Crippen molar-refractivity contribution in [2.24, 2.45) is 0 Å². The van der Waals surface area contributed by atoms with E-state index >= 15 is 0 Å². The van der Waals surface area contributed by atoms with Crippen LogP contribution in [0.2, 0.25) is 0 Å². The van der Waals surface area contributed by atoms with Crippen molar-refractivity contribution in [3.63, 3.8) is 0 Å². The maximum Gasteiger partial charge on any atom is 0.134 e. The number of hydrogen-bond acceptors (Lipinski definition) is 2. The Morgan fingerprint density at radius 3 is 2.72 bits per heavy atom. The zero-order valence-corrected chi connectivity index (χ0v) is 11.0. The topological polar surface area (TPSA) is 25.2 Å². The third kappa shape index (κ3) is 2.79. The van der Waals surface area contributed by atoms with Crippen LogP contribution in [-0.4, -0.2) is 6.54 Å². The molecular weight excluding hydrogens is 229 g/mol. The van der Waals surface area contributed by atoms with Crippen molar-refractivity contribution in [3.05, 3.63) is 47.5 Å². The molecule has 1 N–H and O–H groups in total. The highest BCUT2D eigenvalue weighted by Crippen LogP contribution is 2.26. The largest absolute Gasteiger partial charge is 0.459 e. The molecule has 1 aromatic heterocycles. The molecule has 1 unspecified atom stereocenters. The molecule has 0 spiro atoms. The molecule has 1 atom stereocenters. The Morgan fingerprint density at radius 2 is 2.06 bits per heavy atom. The Hall–Kier alpha value is -1.61. The van der Waals surface area contributed by atoms with Crippen LogP contribution in [0.1, 0.15) is 31.2 Å². The van der Waals surface area contributed by atoms with E-state index in [2.05, 4.69) is 12.2 Å². The van der Waals surface area contributed by atoms with Gasteiger partial charge in [0.2, 0.25) is 0 Å². The maximum absolute atomic E-state index is 13.3. The van der Waals surface area contributed by atoms with Crippen LogP contribution in [0, 0.1) is 12.7 Å². The van der Waals surface area contributed by atoms with Crippen molar-refractivity contribution in [3.8, 4) is 11.3 Å². The molecule has 0 radical (unpaired) electrons. The molecule has 0 saturated carbocycles. The molecule has 0 bridgehead atoms. The highest BCUT2D eigenvalue weighted by molar-refractivity contribution is 5.58. The summed E-state index contributed by atoms with van der Waals surface area (Å²) >= 11 is 0.